The lowest BCUT2D eigenvalue weighted by atomic mass is 9.73. The van der Waals surface area contributed by atoms with Crippen molar-refractivity contribution in [2.75, 3.05) is 13.2 Å². The Balaban J connectivity index is 1.62. The van der Waals surface area contributed by atoms with Crippen molar-refractivity contribution in [3.05, 3.63) is 34.9 Å². The molecule has 7 heteroatoms. The summed E-state index contributed by atoms with van der Waals surface area (Å²) < 4.78 is 5.13. The van der Waals surface area contributed by atoms with Gasteiger partial charge in [0.05, 0.1) is 0 Å². The summed E-state index contributed by atoms with van der Waals surface area (Å²) in [6, 6.07) is 5.18. The van der Waals surface area contributed by atoms with Crippen molar-refractivity contribution < 1.29 is 23.9 Å². The van der Waals surface area contributed by atoms with E-state index < -0.39 is 30.7 Å². The van der Waals surface area contributed by atoms with Crippen molar-refractivity contribution in [2.24, 2.45) is 5.92 Å². The Bertz CT molecular complexity index is 865. The van der Waals surface area contributed by atoms with Crippen LogP contribution in [0.4, 0.5) is 4.79 Å². The molecule has 2 aliphatic rings. The molecule has 7 nitrogen and oxygen atoms in total. The van der Waals surface area contributed by atoms with E-state index in [1.165, 1.54) is 0 Å². The van der Waals surface area contributed by atoms with Crippen molar-refractivity contribution in [3.63, 3.8) is 0 Å². The Morgan fingerprint density at radius 2 is 1.97 bits per heavy atom. The normalized spacial score (nSPS) is 23.6. The summed E-state index contributed by atoms with van der Waals surface area (Å²) in [5.41, 5.74) is 1.57. The van der Waals surface area contributed by atoms with E-state index in [4.69, 9.17) is 4.74 Å². The van der Waals surface area contributed by atoms with E-state index in [2.05, 4.69) is 5.32 Å². The van der Waals surface area contributed by atoms with Crippen LogP contribution >= 0.6 is 0 Å². The van der Waals surface area contributed by atoms with Crippen molar-refractivity contribution >= 4 is 23.7 Å². The third-order valence-electron chi connectivity index (χ3n) is 6.42. The number of nitrogens with zero attached hydrogens (tertiary/aromatic N) is 1. The van der Waals surface area contributed by atoms with Crippen LogP contribution < -0.4 is 5.32 Å². The second-order valence-electron chi connectivity index (χ2n) is 8.22. The van der Waals surface area contributed by atoms with Gasteiger partial charge in [0.15, 0.2) is 6.61 Å². The number of carbonyl (C=O) groups excluding carboxylic acids is 4. The van der Waals surface area contributed by atoms with Crippen LogP contribution in [-0.4, -0.2) is 47.3 Å². The number of ketones is 1. The molecule has 1 saturated heterocycles. The summed E-state index contributed by atoms with van der Waals surface area (Å²) in [4.78, 5) is 51.1. The number of Topliss-reactive ketones (excluding diaryl/α,β-unsaturated/α-hetero) is 1. The Morgan fingerprint density at radius 1 is 1.20 bits per heavy atom. The van der Waals surface area contributed by atoms with Gasteiger partial charge in [-0.15, -0.1) is 0 Å². The molecule has 1 heterocycles. The van der Waals surface area contributed by atoms with Gasteiger partial charge in [-0.1, -0.05) is 45.7 Å². The Hall–Kier alpha value is -2.70. The monoisotopic (exact) mass is 414 g/mol. The van der Waals surface area contributed by atoms with E-state index in [1.807, 2.05) is 39.0 Å². The zero-order valence-electron chi connectivity index (χ0n) is 18.0. The first kappa shape index (κ1) is 22.0. The minimum absolute atomic E-state index is 0.0172. The fourth-order valence-electron chi connectivity index (χ4n) is 4.45. The summed E-state index contributed by atoms with van der Waals surface area (Å²) in [6.45, 7) is 5.02. The molecule has 1 aliphatic heterocycles. The number of nitrogens with one attached hydrogen (secondary N) is 1. The molecule has 3 rings (SSSR count). The average molecular weight is 415 g/mol. The maximum Gasteiger partial charge on any atom is 0.326 e. The highest BCUT2D eigenvalue weighted by Gasteiger charge is 2.55. The van der Waals surface area contributed by atoms with E-state index in [9.17, 15) is 19.2 Å². The molecule has 1 spiro atoms. The van der Waals surface area contributed by atoms with Gasteiger partial charge in [-0.25, -0.2) is 4.79 Å². The van der Waals surface area contributed by atoms with Crippen LogP contribution in [0, 0.1) is 5.92 Å². The number of aryl methyl sites for hydroxylation is 2. The van der Waals surface area contributed by atoms with E-state index in [1.54, 1.807) is 0 Å². The van der Waals surface area contributed by atoms with E-state index in [-0.39, 0.29) is 17.6 Å². The highest BCUT2D eigenvalue weighted by Crippen LogP contribution is 2.38. The fraction of sp³-hybridized carbons (Fsp3) is 0.565. The topological polar surface area (TPSA) is 92.8 Å². The first-order chi connectivity index (χ1) is 14.3. The van der Waals surface area contributed by atoms with E-state index in [0.29, 0.717) is 18.4 Å². The van der Waals surface area contributed by atoms with Crippen LogP contribution in [0.15, 0.2) is 18.2 Å². The van der Waals surface area contributed by atoms with Crippen molar-refractivity contribution in [2.45, 2.75) is 64.8 Å². The summed E-state index contributed by atoms with van der Waals surface area (Å²) in [7, 11) is 0. The quantitative estimate of drug-likeness (QED) is 0.421. The van der Waals surface area contributed by atoms with Gasteiger partial charge in [0.2, 0.25) is 5.78 Å². The number of urea groups is 1. The van der Waals surface area contributed by atoms with Gasteiger partial charge in [-0.3, -0.25) is 19.3 Å². The molecule has 0 bridgehead atoms. The average Bonchev–Trinajstić information content (AvgIpc) is 2.98. The molecule has 0 unspecified atom stereocenters. The first-order valence-electron chi connectivity index (χ1n) is 10.8. The number of carbonyl (C=O) groups is 4. The summed E-state index contributed by atoms with van der Waals surface area (Å²) >= 11 is 0. The first-order valence-corrected chi connectivity index (χ1v) is 10.8. The molecule has 2 fully saturated rings. The van der Waals surface area contributed by atoms with Gasteiger partial charge in [0.25, 0.3) is 5.91 Å². The van der Waals surface area contributed by atoms with Crippen LogP contribution in [0.25, 0.3) is 0 Å². The van der Waals surface area contributed by atoms with Crippen LogP contribution in [0.5, 0.6) is 0 Å². The lowest BCUT2D eigenvalue weighted by Gasteiger charge is -2.36. The van der Waals surface area contributed by atoms with Crippen LogP contribution in [0.1, 0.15) is 67.9 Å². The van der Waals surface area contributed by atoms with Crippen LogP contribution in [0.3, 0.4) is 0 Å². The van der Waals surface area contributed by atoms with Crippen molar-refractivity contribution in [1.82, 2.24) is 10.2 Å². The van der Waals surface area contributed by atoms with Gasteiger partial charge >= 0.3 is 12.0 Å². The zero-order chi connectivity index (χ0) is 21.9. The van der Waals surface area contributed by atoms with Gasteiger partial charge in [-0.05, 0) is 48.8 Å². The molecule has 3 amide bonds. The molecule has 30 heavy (non-hydrogen) atoms. The maximum atomic E-state index is 12.9. The molecule has 1 aromatic carbocycles. The molecule has 0 radical (unpaired) electrons. The second kappa shape index (κ2) is 8.98. The summed E-state index contributed by atoms with van der Waals surface area (Å²) in [5.74, 6) is -1.40. The van der Waals surface area contributed by atoms with Crippen LogP contribution in [0.2, 0.25) is 0 Å². The number of hydrogen-bond acceptors (Lipinski definition) is 5. The van der Waals surface area contributed by atoms with Crippen molar-refractivity contribution in [3.8, 4) is 0 Å². The number of amides is 3. The third-order valence-corrected chi connectivity index (χ3v) is 6.42. The number of ether oxygens (including phenoxy) is 1. The van der Waals surface area contributed by atoms with Gasteiger partial charge in [-0.2, -0.15) is 0 Å². The molecule has 162 valence electrons. The predicted octanol–water partition coefficient (Wildman–Crippen LogP) is 3.04. The predicted molar refractivity (Wildman–Crippen MR) is 111 cm³/mol. The molecular formula is C23H30N2O5. The summed E-state index contributed by atoms with van der Waals surface area (Å²) in [5, 5.41) is 2.81. The number of benzene rings is 1. The lowest BCUT2D eigenvalue weighted by Crippen LogP contribution is -2.54. The Morgan fingerprint density at radius 3 is 2.63 bits per heavy atom. The Kier molecular flexibility index (Phi) is 6.58. The van der Waals surface area contributed by atoms with Gasteiger partial charge in [0, 0.05) is 5.56 Å². The third kappa shape index (κ3) is 4.11. The SMILES string of the molecule is CCc1ccc(CC)c(C(=O)COC(=O)CN2C(=O)N[C@]3(CCCC[C@@H]3C)C2=O)c1. The largest absolute Gasteiger partial charge is 0.456 e. The van der Waals surface area contributed by atoms with Crippen LogP contribution in [-0.2, 0) is 27.2 Å². The number of rotatable bonds is 7. The molecule has 0 aromatic heterocycles. The van der Waals surface area contributed by atoms with E-state index >= 15 is 0 Å². The lowest BCUT2D eigenvalue weighted by molar-refractivity contribution is -0.147. The molecule has 1 N–H and O–H groups in total. The van der Waals surface area contributed by atoms with E-state index in [0.717, 1.165) is 41.7 Å². The summed E-state index contributed by atoms with van der Waals surface area (Å²) in [6.07, 6.45) is 4.82. The Labute approximate surface area is 177 Å². The highest BCUT2D eigenvalue weighted by atomic mass is 16.5. The molecule has 2 atom stereocenters. The molecular weight excluding hydrogens is 384 g/mol. The standard InChI is InChI=1S/C23H30N2O5/c1-4-16-9-10-17(5-2)18(12-16)19(26)14-30-20(27)13-25-21(28)23(24-22(25)29)11-7-6-8-15(23)3/h9-10,12,15H,4-8,11,13-14H2,1-3H3,(H,24,29)/t15-,23-/m0/s1. The minimum Gasteiger partial charge on any atom is -0.456 e. The van der Waals surface area contributed by atoms with Crippen molar-refractivity contribution in [1.29, 1.82) is 0 Å². The highest BCUT2D eigenvalue weighted by molar-refractivity contribution is 6.09. The smallest absolute Gasteiger partial charge is 0.326 e. The number of esters is 1. The second-order valence-corrected chi connectivity index (χ2v) is 8.22. The zero-order valence-corrected chi connectivity index (χ0v) is 18.0. The number of hydrogen-bond donors (Lipinski definition) is 1. The van der Waals surface area contributed by atoms with Gasteiger partial charge in [0.1, 0.15) is 12.1 Å². The fourth-order valence-corrected chi connectivity index (χ4v) is 4.45. The molecule has 1 saturated carbocycles. The molecule has 1 aromatic rings. The minimum atomic E-state index is -0.915. The molecule has 1 aliphatic carbocycles. The maximum absolute atomic E-state index is 12.9. The van der Waals surface area contributed by atoms with Gasteiger partial charge < -0.3 is 10.1 Å². The number of imide groups is 1.